The highest BCUT2D eigenvalue weighted by molar-refractivity contribution is 7.92. The molecule has 2 aromatic carbocycles. The average Bonchev–Trinajstić information content (AvgIpc) is 3.32. The minimum Gasteiger partial charge on any atom is -0.494 e. The van der Waals surface area contributed by atoms with E-state index in [2.05, 4.69) is 45.5 Å². The summed E-state index contributed by atoms with van der Waals surface area (Å²) in [4.78, 5) is 27.4. The third-order valence-electron chi connectivity index (χ3n) is 9.54. The van der Waals surface area contributed by atoms with Gasteiger partial charge >= 0.3 is 0 Å². The highest BCUT2D eigenvalue weighted by Gasteiger charge is 2.31. The Hall–Kier alpha value is -4.20. The summed E-state index contributed by atoms with van der Waals surface area (Å²) in [6.07, 6.45) is 4.89. The van der Waals surface area contributed by atoms with Crippen LogP contribution < -0.4 is 25.6 Å². The topological polar surface area (TPSA) is 137 Å². The molecule has 1 amide bonds. The number of hydrogen-bond donors (Lipinski definition) is 3. The van der Waals surface area contributed by atoms with Crippen LogP contribution in [-0.4, -0.2) is 102 Å². The number of likely N-dealkylation sites (N-methyl/N-ethyl adjacent to an activating group) is 1. The van der Waals surface area contributed by atoms with Crippen molar-refractivity contribution in [1.29, 1.82) is 0 Å². The van der Waals surface area contributed by atoms with Crippen LogP contribution in [0.5, 0.6) is 5.75 Å². The second-order valence-corrected chi connectivity index (χ2v) is 15.7. The normalized spacial score (nSPS) is 19.5. The van der Waals surface area contributed by atoms with Gasteiger partial charge in [0.25, 0.3) is 0 Å². The minimum atomic E-state index is -3.56. The summed E-state index contributed by atoms with van der Waals surface area (Å²) >= 11 is 0. The maximum Gasteiger partial charge on any atom is 0.247 e. The number of anilines is 4. The first-order chi connectivity index (χ1) is 23.9. The molecule has 0 saturated carbocycles. The molecule has 12 nitrogen and oxygen atoms in total. The number of carbonyl (C=O) groups is 1. The summed E-state index contributed by atoms with van der Waals surface area (Å²) < 4.78 is 38.4. The highest BCUT2D eigenvalue weighted by Crippen LogP contribution is 2.38. The molecule has 0 spiro atoms. The molecule has 3 N–H and O–H groups in total. The summed E-state index contributed by atoms with van der Waals surface area (Å²) in [6, 6.07) is 8.80. The standard InChI is InChI=1S/C37H51N7O5S/c1-8-34(45)40-29-22-30(32(48-7)23-31(29)44-18-16-43(6)17-19-44)41-37-38-15-12-28(27-13-20-49-21-14-27)36(42-37)26(5)39-35-25(4)10-9-11-33(35)50(46,47)24(2)3/h8-11,13,22-24,26,28,39H,1,12,14-21H2,2-7H3,(H,38,41)(H,40,45)/t26-,28-/m1/s1. The van der Waals surface area contributed by atoms with Crippen LogP contribution in [0.25, 0.3) is 0 Å². The smallest absolute Gasteiger partial charge is 0.247 e. The molecule has 0 radical (unpaired) electrons. The predicted molar refractivity (Wildman–Crippen MR) is 203 cm³/mol. The van der Waals surface area contributed by atoms with Gasteiger partial charge < -0.3 is 35.2 Å². The van der Waals surface area contributed by atoms with Gasteiger partial charge in [0.05, 0.1) is 65.0 Å². The number of aliphatic imine (C=N–C) groups is 2. The first-order valence-corrected chi connectivity index (χ1v) is 18.8. The number of carbonyl (C=O) groups excluding carboxylic acids is 1. The Kier molecular flexibility index (Phi) is 12.0. The van der Waals surface area contributed by atoms with Gasteiger partial charge in [0.1, 0.15) is 5.75 Å². The molecule has 0 aliphatic carbocycles. The van der Waals surface area contributed by atoms with Gasteiger partial charge in [-0.1, -0.05) is 30.4 Å². The number of aryl methyl sites for hydroxylation is 1. The Morgan fingerprint density at radius 2 is 1.90 bits per heavy atom. The molecule has 270 valence electrons. The molecule has 3 aliphatic rings. The fourth-order valence-electron chi connectivity index (χ4n) is 6.54. The van der Waals surface area contributed by atoms with Crippen molar-refractivity contribution < 1.29 is 22.7 Å². The molecule has 0 aromatic heterocycles. The molecule has 1 saturated heterocycles. The quantitative estimate of drug-likeness (QED) is 0.215. The zero-order valence-corrected chi connectivity index (χ0v) is 30.9. The van der Waals surface area contributed by atoms with Crippen molar-refractivity contribution in [3.8, 4) is 5.75 Å². The van der Waals surface area contributed by atoms with Gasteiger partial charge in [-0.25, -0.2) is 13.4 Å². The number of nitrogens with zero attached hydrogens (tertiary/aromatic N) is 4. The molecule has 2 atom stereocenters. The molecule has 3 heterocycles. The zero-order chi connectivity index (χ0) is 36.0. The van der Waals surface area contributed by atoms with E-state index < -0.39 is 15.1 Å². The fraction of sp³-hybridized carbons (Fsp3) is 0.486. The van der Waals surface area contributed by atoms with Crippen LogP contribution in [0, 0.1) is 12.8 Å². The van der Waals surface area contributed by atoms with Crippen LogP contribution in [-0.2, 0) is 19.4 Å². The molecule has 50 heavy (non-hydrogen) atoms. The number of ether oxygens (including phenoxy) is 2. The van der Waals surface area contributed by atoms with Crippen molar-refractivity contribution in [2.75, 3.05) is 80.9 Å². The van der Waals surface area contributed by atoms with E-state index in [0.29, 0.717) is 48.5 Å². The molecule has 0 bridgehead atoms. The van der Waals surface area contributed by atoms with Gasteiger partial charge in [-0.15, -0.1) is 0 Å². The number of nitrogens with one attached hydrogen (secondary N) is 3. The monoisotopic (exact) mass is 705 g/mol. The number of para-hydroxylation sites is 1. The Balaban J connectivity index is 1.54. The molecule has 1 fully saturated rings. The third-order valence-corrected chi connectivity index (χ3v) is 11.7. The largest absolute Gasteiger partial charge is 0.494 e. The molecular formula is C37H51N7O5S. The lowest BCUT2D eigenvalue weighted by Crippen LogP contribution is -2.44. The van der Waals surface area contributed by atoms with E-state index in [1.165, 1.54) is 11.6 Å². The second kappa shape index (κ2) is 16.2. The minimum absolute atomic E-state index is 0.0254. The average molecular weight is 706 g/mol. The number of methoxy groups -OCH3 is 1. The zero-order valence-electron chi connectivity index (χ0n) is 30.1. The Bertz CT molecular complexity index is 1780. The lowest BCUT2D eigenvalue weighted by Gasteiger charge is -2.35. The van der Waals surface area contributed by atoms with Crippen molar-refractivity contribution in [2.45, 2.75) is 56.7 Å². The van der Waals surface area contributed by atoms with Crippen LogP contribution in [0.4, 0.5) is 22.7 Å². The predicted octanol–water partition coefficient (Wildman–Crippen LogP) is 5.14. The second-order valence-electron chi connectivity index (χ2n) is 13.3. The van der Waals surface area contributed by atoms with Gasteiger partial charge in [-0.05, 0) is 71.4 Å². The van der Waals surface area contributed by atoms with Crippen LogP contribution in [0.15, 0.2) is 69.5 Å². The SMILES string of the molecule is C=CC(=O)Nc1cc(NC2=NCC[C@H](C3=CCOCC3)C([C@@H](C)Nc3c(C)cccc3S(=O)(=O)C(C)C)=N2)c(OC)cc1N1CCN(C)CC1. The van der Waals surface area contributed by atoms with E-state index in [1.54, 1.807) is 33.1 Å². The van der Waals surface area contributed by atoms with Crippen LogP contribution >= 0.6 is 0 Å². The molecular weight excluding hydrogens is 655 g/mol. The van der Waals surface area contributed by atoms with Crippen molar-refractivity contribution in [2.24, 2.45) is 15.9 Å². The Labute approximate surface area is 296 Å². The molecule has 5 rings (SSSR count). The Morgan fingerprint density at radius 1 is 1.14 bits per heavy atom. The summed E-state index contributed by atoms with van der Waals surface area (Å²) in [5.41, 5.74) is 5.57. The van der Waals surface area contributed by atoms with Gasteiger partial charge in [0.15, 0.2) is 9.84 Å². The maximum atomic E-state index is 13.4. The lowest BCUT2D eigenvalue weighted by molar-refractivity contribution is -0.111. The highest BCUT2D eigenvalue weighted by atomic mass is 32.2. The molecule has 2 aromatic rings. The summed E-state index contributed by atoms with van der Waals surface area (Å²) in [6.45, 7) is 16.1. The summed E-state index contributed by atoms with van der Waals surface area (Å²) in [7, 11) is 0.155. The van der Waals surface area contributed by atoms with E-state index in [1.807, 2.05) is 32.0 Å². The first-order valence-electron chi connectivity index (χ1n) is 17.3. The maximum absolute atomic E-state index is 13.4. The van der Waals surface area contributed by atoms with E-state index in [9.17, 15) is 13.2 Å². The van der Waals surface area contributed by atoms with Gasteiger partial charge in [-0.3, -0.25) is 9.79 Å². The fourth-order valence-corrected chi connectivity index (χ4v) is 7.82. The van der Waals surface area contributed by atoms with Gasteiger partial charge in [0.2, 0.25) is 11.9 Å². The molecule has 3 aliphatic heterocycles. The van der Waals surface area contributed by atoms with Gasteiger partial charge in [-0.2, -0.15) is 0 Å². The van der Waals surface area contributed by atoms with Gasteiger partial charge in [0, 0.05) is 44.7 Å². The Morgan fingerprint density at radius 3 is 2.56 bits per heavy atom. The number of rotatable bonds is 11. The van der Waals surface area contributed by atoms with E-state index in [-0.39, 0.29) is 22.8 Å². The van der Waals surface area contributed by atoms with E-state index in [4.69, 9.17) is 19.5 Å². The molecule has 13 heteroatoms. The van der Waals surface area contributed by atoms with Crippen LogP contribution in [0.1, 0.15) is 39.2 Å². The van der Waals surface area contributed by atoms with Crippen molar-refractivity contribution in [1.82, 2.24) is 4.90 Å². The van der Waals surface area contributed by atoms with Crippen LogP contribution in [0.3, 0.4) is 0 Å². The van der Waals surface area contributed by atoms with E-state index in [0.717, 1.165) is 56.0 Å². The number of hydrogen-bond acceptors (Lipinski definition) is 11. The van der Waals surface area contributed by atoms with Crippen molar-refractivity contribution in [3.05, 3.63) is 60.2 Å². The van der Waals surface area contributed by atoms with E-state index >= 15 is 0 Å². The number of guanidine groups is 1. The van der Waals surface area contributed by atoms with Crippen molar-refractivity contribution >= 4 is 50.2 Å². The third kappa shape index (κ3) is 8.39. The summed E-state index contributed by atoms with van der Waals surface area (Å²) in [5.74, 6) is 0.640. The number of amides is 1. The van der Waals surface area contributed by atoms with Crippen LogP contribution in [0.2, 0.25) is 0 Å². The summed E-state index contributed by atoms with van der Waals surface area (Å²) in [5, 5.41) is 9.38. The number of sulfone groups is 1. The number of piperazine rings is 1. The number of benzene rings is 2. The van der Waals surface area contributed by atoms with Crippen molar-refractivity contribution in [3.63, 3.8) is 0 Å². The lowest BCUT2D eigenvalue weighted by atomic mass is 9.85. The molecule has 0 unspecified atom stereocenters. The first kappa shape index (κ1) is 37.1.